The van der Waals surface area contributed by atoms with Crippen LogP contribution < -0.4 is 10.7 Å². The van der Waals surface area contributed by atoms with Crippen molar-refractivity contribution in [3.63, 3.8) is 0 Å². The van der Waals surface area contributed by atoms with Crippen LogP contribution >= 0.6 is 11.3 Å². The van der Waals surface area contributed by atoms with Crippen LogP contribution in [0.15, 0.2) is 38.9 Å². The maximum Gasteiger partial charge on any atom is 0.424 e. The number of piperazine rings is 1. The summed E-state index contributed by atoms with van der Waals surface area (Å²) in [7, 11) is 0. The Labute approximate surface area is 154 Å². The van der Waals surface area contributed by atoms with E-state index in [1.165, 1.54) is 16.2 Å². The highest BCUT2D eigenvalue weighted by Gasteiger charge is 2.25. The summed E-state index contributed by atoms with van der Waals surface area (Å²) in [5.41, 5.74) is 2.40. The monoisotopic (exact) mass is 373 g/mol. The lowest BCUT2D eigenvalue weighted by Crippen LogP contribution is -3.14. The molecule has 1 saturated heterocycles. The number of aromatic nitrogens is 2. The van der Waals surface area contributed by atoms with E-state index in [-0.39, 0.29) is 11.7 Å². The number of fused-ring (bicyclic) bond motifs is 1. The van der Waals surface area contributed by atoms with E-state index in [2.05, 4.69) is 4.98 Å². The molecule has 1 aliphatic rings. The first-order valence-corrected chi connectivity index (χ1v) is 9.59. The molecule has 26 heavy (non-hydrogen) atoms. The second-order valence-corrected chi connectivity index (χ2v) is 7.55. The molecule has 1 N–H and O–H groups in total. The number of oxazole rings is 1. The standard InChI is InChI=1S/C18H20N4O3S/c1-13-11-26-16(19-13)10-17(23)21-8-6-20(7-9-21)12-22-14-4-2-3-5-15(14)25-18(22)24/h2-5,11H,6-10,12H2,1H3/p+1. The topological polar surface area (TPSA) is 72.8 Å². The van der Waals surface area contributed by atoms with Gasteiger partial charge in [0.2, 0.25) is 5.91 Å². The van der Waals surface area contributed by atoms with E-state index in [4.69, 9.17) is 4.42 Å². The average Bonchev–Trinajstić information content (AvgIpc) is 3.19. The van der Waals surface area contributed by atoms with Gasteiger partial charge in [-0.1, -0.05) is 12.1 Å². The Morgan fingerprint density at radius 1 is 1.31 bits per heavy atom. The Morgan fingerprint density at radius 2 is 2.08 bits per heavy atom. The van der Waals surface area contributed by atoms with Crippen LogP contribution in [-0.4, -0.2) is 46.5 Å². The van der Waals surface area contributed by atoms with Gasteiger partial charge in [-0.05, 0) is 19.1 Å². The van der Waals surface area contributed by atoms with Crippen molar-refractivity contribution in [2.24, 2.45) is 0 Å². The molecule has 0 unspecified atom stereocenters. The summed E-state index contributed by atoms with van der Waals surface area (Å²) in [5, 5.41) is 2.84. The maximum atomic E-state index is 12.4. The lowest BCUT2D eigenvalue weighted by molar-refractivity contribution is -0.926. The molecular formula is C18H21N4O3S+. The average molecular weight is 373 g/mol. The fraction of sp³-hybridized carbons (Fsp3) is 0.389. The van der Waals surface area contributed by atoms with Crippen molar-refractivity contribution in [3.8, 4) is 0 Å². The van der Waals surface area contributed by atoms with Crippen LogP contribution in [-0.2, 0) is 17.9 Å². The Hall–Kier alpha value is -2.45. The Balaban J connectivity index is 1.37. The lowest BCUT2D eigenvalue weighted by atomic mass is 10.3. The van der Waals surface area contributed by atoms with Crippen molar-refractivity contribution < 1.29 is 14.1 Å². The quantitative estimate of drug-likeness (QED) is 0.713. The molecule has 7 nitrogen and oxygen atoms in total. The first-order chi connectivity index (χ1) is 12.6. The van der Waals surface area contributed by atoms with Gasteiger partial charge in [-0.25, -0.2) is 14.3 Å². The number of carbonyl (C=O) groups excluding carboxylic acids is 1. The number of hydrogen-bond acceptors (Lipinski definition) is 5. The number of benzene rings is 1. The second-order valence-electron chi connectivity index (χ2n) is 6.61. The Kier molecular flexibility index (Phi) is 4.60. The van der Waals surface area contributed by atoms with Crippen LogP contribution in [0.5, 0.6) is 0 Å². The van der Waals surface area contributed by atoms with Gasteiger partial charge in [-0.15, -0.1) is 11.3 Å². The highest BCUT2D eigenvalue weighted by molar-refractivity contribution is 7.09. The molecule has 3 heterocycles. The molecule has 2 aromatic heterocycles. The lowest BCUT2D eigenvalue weighted by Gasteiger charge is -2.32. The van der Waals surface area contributed by atoms with Crippen LogP contribution in [0.1, 0.15) is 10.7 Å². The second kappa shape index (κ2) is 7.05. The van der Waals surface area contributed by atoms with Gasteiger partial charge in [0.25, 0.3) is 0 Å². The van der Waals surface area contributed by atoms with Gasteiger partial charge in [0.05, 0.1) is 38.1 Å². The zero-order valence-electron chi connectivity index (χ0n) is 14.6. The first-order valence-electron chi connectivity index (χ1n) is 8.71. The van der Waals surface area contributed by atoms with Gasteiger partial charge in [-0.2, -0.15) is 0 Å². The molecule has 0 bridgehead atoms. The number of hydrogen-bond donors (Lipinski definition) is 1. The molecule has 1 fully saturated rings. The van der Waals surface area contributed by atoms with Crippen molar-refractivity contribution >= 4 is 28.3 Å². The van der Waals surface area contributed by atoms with Crippen molar-refractivity contribution in [2.75, 3.05) is 26.2 Å². The number of nitrogens with one attached hydrogen (secondary N) is 1. The van der Waals surface area contributed by atoms with Crippen LogP contribution in [0.25, 0.3) is 11.1 Å². The molecule has 0 atom stereocenters. The third-order valence-electron chi connectivity index (χ3n) is 4.75. The molecule has 4 rings (SSSR count). The highest BCUT2D eigenvalue weighted by atomic mass is 32.1. The smallest absolute Gasteiger partial charge is 0.408 e. The molecule has 8 heteroatoms. The number of nitrogens with zero attached hydrogens (tertiary/aromatic N) is 3. The molecule has 0 radical (unpaired) electrons. The number of aryl methyl sites for hydroxylation is 1. The predicted molar refractivity (Wildman–Crippen MR) is 98.3 cm³/mol. The molecule has 1 aliphatic heterocycles. The minimum absolute atomic E-state index is 0.129. The summed E-state index contributed by atoms with van der Waals surface area (Å²) in [4.78, 5) is 32.1. The van der Waals surface area contributed by atoms with E-state index in [1.54, 1.807) is 10.6 Å². The molecule has 136 valence electrons. The molecule has 1 aromatic carbocycles. The minimum atomic E-state index is -0.323. The molecule has 1 amide bonds. The number of para-hydroxylation sites is 2. The third kappa shape index (κ3) is 3.42. The van der Waals surface area contributed by atoms with E-state index in [0.29, 0.717) is 31.8 Å². The number of quaternary nitrogens is 1. The fourth-order valence-corrected chi connectivity index (χ4v) is 4.11. The number of rotatable bonds is 4. The maximum absolute atomic E-state index is 12.4. The Bertz CT molecular complexity index is 982. The minimum Gasteiger partial charge on any atom is -0.408 e. The summed E-state index contributed by atoms with van der Waals surface area (Å²) < 4.78 is 6.97. The number of thiazole rings is 1. The SMILES string of the molecule is Cc1csc(CC(=O)N2CC[NH+](Cn3c(=O)oc4ccccc43)CC2)n1. The van der Waals surface area contributed by atoms with Crippen LogP contribution in [0.2, 0.25) is 0 Å². The predicted octanol–water partition coefficient (Wildman–Crippen LogP) is 0.287. The van der Waals surface area contributed by atoms with Gasteiger partial charge in [0, 0.05) is 11.1 Å². The van der Waals surface area contributed by atoms with Crippen LogP contribution in [0, 0.1) is 6.92 Å². The van der Waals surface area contributed by atoms with Crippen molar-refractivity contribution in [1.29, 1.82) is 0 Å². The van der Waals surface area contributed by atoms with E-state index in [1.807, 2.05) is 35.4 Å². The van der Waals surface area contributed by atoms with E-state index >= 15 is 0 Å². The Morgan fingerprint density at radius 3 is 2.81 bits per heavy atom. The number of carbonyl (C=O) groups is 1. The van der Waals surface area contributed by atoms with Crippen molar-refractivity contribution in [1.82, 2.24) is 14.5 Å². The summed E-state index contributed by atoms with van der Waals surface area (Å²) in [6.45, 7) is 5.52. The van der Waals surface area contributed by atoms with E-state index < -0.39 is 0 Å². The highest BCUT2D eigenvalue weighted by Crippen LogP contribution is 2.12. The van der Waals surface area contributed by atoms with Gasteiger partial charge < -0.3 is 14.2 Å². The third-order valence-corrected chi connectivity index (χ3v) is 5.71. The molecule has 3 aromatic rings. The van der Waals surface area contributed by atoms with Gasteiger partial charge >= 0.3 is 5.76 Å². The molecule has 0 spiro atoms. The van der Waals surface area contributed by atoms with Crippen molar-refractivity contribution in [2.45, 2.75) is 20.0 Å². The normalized spacial score (nSPS) is 15.7. The first kappa shape index (κ1) is 17.0. The van der Waals surface area contributed by atoms with E-state index in [0.717, 1.165) is 29.3 Å². The van der Waals surface area contributed by atoms with E-state index in [9.17, 15) is 9.59 Å². The molecule has 0 aliphatic carbocycles. The van der Waals surface area contributed by atoms with Crippen LogP contribution in [0.4, 0.5) is 0 Å². The molecular weight excluding hydrogens is 352 g/mol. The van der Waals surface area contributed by atoms with Gasteiger partial charge in [0.1, 0.15) is 5.01 Å². The largest absolute Gasteiger partial charge is 0.424 e. The summed E-state index contributed by atoms with van der Waals surface area (Å²) in [5.74, 6) is -0.194. The summed E-state index contributed by atoms with van der Waals surface area (Å²) in [6, 6.07) is 7.46. The van der Waals surface area contributed by atoms with Crippen LogP contribution in [0.3, 0.4) is 0 Å². The zero-order valence-corrected chi connectivity index (χ0v) is 15.4. The van der Waals surface area contributed by atoms with Gasteiger partial charge in [-0.3, -0.25) is 4.79 Å². The summed E-state index contributed by atoms with van der Waals surface area (Å²) >= 11 is 1.54. The summed E-state index contributed by atoms with van der Waals surface area (Å²) in [6.07, 6.45) is 0.375. The number of amides is 1. The fourth-order valence-electron chi connectivity index (χ4n) is 3.34. The van der Waals surface area contributed by atoms with Gasteiger partial charge in [0.15, 0.2) is 12.3 Å². The zero-order chi connectivity index (χ0) is 18.1. The van der Waals surface area contributed by atoms with Crippen molar-refractivity contribution in [3.05, 3.63) is 50.9 Å². The molecule has 0 saturated carbocycles.